The van der Waals surface area contributed by atoms with Crippen molar-refractivity contribution in [3.63, 3.8) is 0 Å². The van der Waals surface area contributed by atoms with E-state index in [4.69, 9.17) is 0 Å². The summed E-state index contributed by atoms with van der Waals surface area (Å²) in [6.07, 6.45) is 0.701. The molecule has 0 fully saturated rings. The average molecular weight is 337 g/mol. The Morgan fingerprint density at radius 2 is 1.80 bits per heavy atom. The van der Waals surface area contributed by atoms with Crippen molar-refractivity contribution < 1.29 is 14.3 Å². The molecule has 0 aromatic heterocycles. The summed E-state index contributed by atoms with van der Waals surface area (Å²) in [5.41, 5.74) is 1.31. The van der Waals surface area contributed by atoms with Crippen LogP contribution in [0.15, 0.2) is 70.9 Å². The van der Waals surface area contributed by atoms with Gasteiger partial charge in [-0.2, -0.15) is 0 Å². The van der Waals surface area contributed by atoms with Crippen LogP contribution in [0.5, 0.6) is 0 Å². The van der Waals surface area contributed by atoms with E-state index in [0.29, 0.717) is 29.8 Å². The SMILES string of the molecule is CC1(C)CC(=O)C(C(=Nc2ccccc2)c2cccc(F)c2)=C(O)C1. The lowest BCUT2D eigenvalue weighted by molar-refractivity contribution is -0.117. The first-order chi connectivity index (χ1) is 11.9. The topological polar surface area (TPSA) is 49.7 Å². The number of aliphatic imine (C=N–C) groups is 1. The maximum Gasteiger partial charge on any atom is 0.168 e. The van der Waals surface area contributed by atoms with E-state index in [-0.39, 0.29) is 22.5 Å². The molecule has 1 aliphatic carbocycles. The van der Waals surface area contributed by atoms with E-state index in [0.717, 1.165) is 0 Å². The number of aliphatic hydroxyl groups is 1. The van der Waals surface area contributed by atoms with E-state index in [1.807, 2.05) is 32.0 Å². The first-order valence-electron chi connectivity index (χ1n) is 8.21. The third-order valence-electron chi connectivity index (χ3n) is 4.18. The largest absolute Gasteiger partial charge is 0.511 e. The number of benzene rings is 2. The Labute approximate surface area is 146 Å². The lowest BCUT2D eigenvalue weighted by Gasteiger charge is -2.30. The molecule has 0 radical (unpaired) electrons. The van der Waals surface area contributed by atoms with Crippen LogP contribution >= 0.6 is 0 Å². The summed E-state index contributed by atoms with van der Waals surface area (Å²) in [7, 11) is 0. The van der Waals surface area contributed by atoms with Gasteiger partial charge in [-0.3, -0.25) is 4.79 Å². The molecule has 0 heterocycles. The normalized spacial score (nSPS) is 17.7. The minimum atomic E-state index is -0.415. The third kappa shape index (κ3) is 3.85. The summed E-state index contributed by atoms with van der Waals surface area (Å²) >= 11 is 0. The molecule has 128 valence electrons. The maximum absolute atomic E-state index is 13.7. The van der Waals surface area contributed by atoms with Crippen LogP contribution in [-0.4, -0.2) is 16.6 Å². The molecule has 0 aliphatic heterocycles. The highest BCUT2D eigenvalue weighted by Gasteiger charge is 2.35. The molecule has 4 heteroatoms. The second-order valence-electron chi connectivity index (χ2n) is 7.07. The number of para-hydroxylation sites is 1. The van der Waals surface area contributed by atoms with Crippen molar-refractivity contribution in [2.24, 2.45) is 10.4 Å². The van der Waals surface area contributed by atoms with Gasteiger partial charge in [0.1, 0.15) is 11.6 Å². The van der Waals surface area contributed by atoms with Crippen LogP contribution in [0, 0.1) is 11.2 Å². The highest BCUT2D eigenvalue weighted by atomic mass is 19.1. The second kappa shape index (κ2) is 6.63. The molecule has 1 N–H and O–H groups in total. The Kier molecular flexibility index (Phi) is 4.53. The smallest absolute Gasteiger partial charge is 0.168 e. The van der Waals surface area contributed by atoms with E-state index in [9.17, 15) is 14.3 Å². The second-order valence-corrected chi connectivity index (χ2v) is 7.07. The predicted molar refractivity (Wildman–Crippen MR) is 96.7 cm³/mol. The van der Waals surface area contributed by atoms with Crippen LogP contribution in [0.1, 0.15) is 32.3 Å². The van der Waals surface area contributed by atoms with E-state index in [1.54, 1.807) is 24.3 Å². The Morgan fingerprint density at radius 3 is 2.44 bits per heavy atom. The van der Waals surface area contributed by atoms with Crippen molar-refractivity contribution in [1.82, 2.24) is 0 Å². The summed E-state index contributed by atoms with van der Waals surface area (Å²) < 4.78 is 13.7. The zero-order chi connectivity index (χ0) is 18.0. The highest BCUT2D eigenvalue weighted by Crippen LogP contribution is 2.37. The fourth-order valence-corrected chi connectivity index (χ4v) is 3.09. The van der Waals surface area contributed by atoms with Gasteiger partial charge < -0.3 is 5.11 Å². The van der Waals surface area contributed by atoms with Gasteiger partial charge in [-0.05, 0) is 29.7 Å². The monoisotopic (exact) mass is 337 g/mol. The fraction of sp³-hybridized carbons (Fsp3) is 0.238. The summed E-state index contributed by atoms with van der Waals surface area (Å²) in [4.78, 5) is 17.3. The van der Waals surface area contributed by atoms with Crippen LogP contribution in [0.4, 0.5) is 10.1 Å². The first kappa shape index (κ1) is 17.1. The molecule has 0 amide bonds. The van der Waals surface area contributed by atoms with Gasteiger partial charge in [-0.25, -0.2) is 9.38 Å². The number of rotatable bonds is 3. The van der Waals surface area contributed by atoms with Crippen LogP contribution in [0.25, 0.3) is 0 Å². The number of hydrogen-bond donors (Lipinski definition) is 1. The number of carbonyl (C=O) groups is 1. The quantitative estimate of drug-likeness (QED) is 0.788. The van der Waals surface area contributed by atoms with E-state index in [1.165, 1.54) is 12.1 Å². The molecule has 0 saturated carbocycles. The Bertz CT molecular complexity index is 866. The molecule has 0 unspecified atom stereocenters. The highest BCUT2D eigenvalue weighted by molar-refractivity contribution is 6.29. The lowest BCUT2D eigenvalue weighted by Crippen LogP contribution is -2.29. The molecule has 25 heavy (non-hydrogen) atoms. The van der Waals surface area contributed by atoms with Gasteiger partial charge in [-0.15, -0.1) is 0 Å². The molecule has 2 aromatic carbocycles. The van der Waals surface area contributed by atoms with Gasteiger partial charge in [-0.1, -0.05) is 44.2 Å². The van der Waals surface area contributed by atoms with Crippen molar-refractivity contribution >= 4 is 17.2 Å². The fourth-order valence-electron chi connectivity index (χ4n) is 3.09. The van der Waals surface area contributed by atoms with Gasteiger partial charge in [0.2, 0.25) is 0 Å². The Balaban J connectivity index is 2.19. The predicted octanol–water partition coefficient (Wildman–Crippen LogP) is 5.15. The van der Waals surface area contributed by atoms with Gasteiger partial charge >= 0.3 is 0 Å². The zero-order valence-corrected chi connectivity index (χ0v) is 14.3. The number of allylic oxidation sites excluding steroid dienone is 2. The van der Waals surface area contributed by atoms with Crippen LogP contribution in [0.3, 0.4) is 0 Å². The van der Waals surface area contributed by atoms with Crippen LogP contribution in [0.2, 0.25) is 0 Å². The summed E-state index contributed by atoms with van der Waals surface area (Å²) in [6, 6.07) is 15.1. The summed E-state index contributed by atoms with van der Waals surface area (Å²) in [5.74, 6) is -0.574. The van der Waals surface area contributed by atoms with E-state index >= 15 is 0 Å². The van der Waals surface area contributed by atoms with Crippen molar-refractivity contribution in [2.45, 2.75) is 26.7 Å². The minimum Gasteiger partial charge on any atom is -0.511 e. The molecule has 2 aromatic rings. The Morgan fingerprint density at radius 1 is 1.08 bits per heavy atom. The summed E-state index contributed by atoms with van der Waals surface area (Å²) in [5, 5.41) is 10.5. The van der Waals surface area contributed by atoms with Crippen molar-refractivity contribution in [3.8, 4) is 0 Å². The molecule has 3 nitrogen and oxygen atoms in total. The molecule has 0 atom stereocenters. The van der Waals surface area contributed by atoms with Crippen molar-refractivity contribution in [1.29, 1.82) is 0 Å². The number of nitrogens with zero attached hydrogens (tertiary/aromatic N) is 1. The summed E-state index contributed by atoms with van der Waals surface area (Å²) in [6.45, 7) is 3.88. The van der Waals surface area contributed by atoms with Crippen LogP contribution < -0.4 is 0 Å². The maximum atomic E-state index is 13.7. The molecule has 0 saturated heterocycles. The lowest BCUT2D eigenvalue weighted by atomic mass is 9.75. The van der Waals surface area contributed by atoms with Gasteiger partial charge in [0, 0.05) is 18.4 Å². The number of Topliss-reactive ketones (excluding diaryl/α,β-unsaturated/α-hetero) is 1. The van der Waals surface area contributed by atoms with Gasteiger partial charge in [0.15, 0.2) is 5.78 Å². The van der Waals surface area contributed by atoms with Gasteiger partial charge in [0.25, 0.3) is 0 Å². The third-order valence-corrected chi connectivity index (χ3v) is 4.18. The standard InChI is InChI=1S/C21H20FNO2/c1-21(2)12-17(24)19(18(25)13-21)20(14-7-6-8-15(22)11-14)23-16-9-4-3-5-10-16/h3-11,24H,12-13H2,1-2H3. The number of halogens is 1. The Hall–Kier alpha value is -2.75. The van der Waals surface area contributed by atoms with Crippen LogP contribution in [-0.2, 0) is 4.79 Å². The minimum absolute atomic E-state index is 0.0141. The number of hydrogen-bond acceptors (Lipinski definition) is 3. The molecule has 3 rings (SSSR count). The van der Waals surface area contributed by atoms with E-state index in [2.05, 4.69) is 4.99 Å². The first-order valence-corrected chi connectivity index (χ1v) is 8.21. The molecule has 0 bridgehead atoms. The average Bonchev–Trinajstić information content (AvgIpc) is 2.53. The van der Waals surface area contributed by atoms with Crippen molar-refractivity contribution in [2.75, 3.05) is 0 Å². The number of carbonyl (C=O) groups excluding carboxylic acids is 1. The number of aliphatic hydroxyl groups excluding tert-OH is 1. The zero-order valence-electron chi connectivity index (χ0n) is 14.3. The molecule has 0 spiro atoms. The number of ketones is 1. The molecular weight excluding hydrogens is 317 g/mol. The van der Waals surface area contributed by atoms with E-state index < -0.39 is 5.82 Å². The molecular formula is C21H20FNO2. The van der Waals surface area contributed by atoms with Crippen molar-refractivity contribution in [3.05, 3.63) is 77.3 Å². The molecule has 1 aliphatic rings. The van der Waals surface area contributed by atoms with Gasteiger partial charge in [0.05, 0.1) is 17.0 Å².